The molecule has 1 aliphatic carbocycles. The van der Waals surface area contributed by atoms with Crippen LogP contribution in [0.25, 0.3) is 12.2 Å². The molecular weight excluding hydrogens is 452 g/mol. The Kier molecular flexibility index (Phi) is 6.21. The maximum atomic E-state index is 15.2. The molecule has 0 amide bonds. The molecule has 1 aromatic carbocycles. The van der Waals surface area contributed by atoms with Crippen LogP contribution in [0.3, 0.4) is 0 Å². The summed E-state index contributed by atoms with van der Waals surface area (Å²) < 4.78 is 37.4. The smallest absolute Gasteiger partial charge is 0.326 e. The largest absolute Gasteiger partial charge is 0.421 e. The zero-order valence-corrected chi connectivity index (χ0v) is 19.9. The third-order valence-corrected chi connectivity index (χ3v) is 6.01. The lowest BCUT2D eigenvalue weighted by atomic mass is 10.1. The highest BCUT2D eigenvalue weighted by molar-refractivity contribution is 5.66. The third kappa shape index (κ3) is 4.74. The van der Waals surface area contributed by atoms with Gasteiger partial charge in [0.15, 0.2) is 17.4 Å². The number of hydrogen-bond donors (Lipinski definition) is 2. The minimum Gasteiger partial charge on any atom is -0.421 e. The SMILES string of the molecule is C/C=C/c1cc(Nc2cc(N3CCNCC3)nc(Oc3cc(F)c4c(c3F)C=C(C)C4)n2)nn1C. The monoisotopic (exact) mass is 479 g/mol. The number of ether oxygens (including phenoxy) is 1. The number of aryl methyl sites for hydroxylation is 1. The second-order valence-corrected chi connectivity index (χ2v) is 8.67. The Balaban J connectivity index is 1.50. The zero-order chi connectivity index (χ0) is 24.5. The maximum absolute atomic E-state index is 15.2. The second kappa shape index (κ2) is 9.46. The van der Waals surface area contributed by atoms with Crippen molar-refractivity contribution in [3.63, 3.8) is 0 Å². The van der Waals surface area contributed by atoms with E-state index in [1.807, 2.05) is 39.1 Å². The fourth-order valence-electron chi connectivity index (χ4n) is 4.32. The first-order valence-corrected chi connectivity index (χ1v) is 11.6. The van der Waals surface area contributed by atoms with Crippen molar-refractivity contribution < 1.29 is 13.5 Å². The maximum Gasteiger partial charge on any atom is 0.326 e. The number of piperazine rings is 1. The Morgan fingerprint density at radius 2 is 1.91 bits per heavy atom. The molecule has 182 valence electrons. The molecule has 35 heavy (non-hydrogen) atoms. The molecule has 0 unspecified atom stereocenters. The summed E-state index contributed by atoms with van der Waals surface area (Å²) in [5.74, 6) is 0.277. The molecule has 0 spiro atoms. The van der Waals surface area contributed by atoms with Gasteiger partial charge < -0.3 is 20.3 Å². The molecule has 1 saturated heterocycles. The van der Waals surface area contributed by atoms with Crippen molar-refractivity contribution in [1.82, 2.24) is 25.1 Å². The average molecular weight is 480 g/mol. The molecule has 8 nitrogen and oxygen atoms in total. The van der Waals surface area contributed by atoms with Gasteiger partial charge in [0.2, 0.25) is 0 Å². The molecule has 0 atom stereocenters. The Morgan fingerprint density at radius 1 is 1.11 bits per heavy atom. The summed E-state index contributed by atoms with van der Waals surface area (Å²) in [6, 6.07) is 4.67. The van der Waals surface area contributed by atoms with E-state index in [4.69, 9.17) is 4.74 Å². The van der Waals surface area contributed by atoms with Crippen LogP contribution >= 0.6 is 0 Å². The van der Waals surface area contributed by atoms with Crippen LogP contribution in [0.2, 0.25) is 0 Å². The number of benzene rings is 1. The fraction of sp³-hybridized carbons (Fsp3) is 0.320. The Labute approximate surface area is 202 Å². The van der Waals surface area contributed by atoms with Gasteiger partial charge in [0.05, 0.1) is 5.69 Å². The van der Waals surface area contributed by atoms with Gasteiger partial charge in [0.25, 0.3) is 0 Å². The minimum atomic E-state index is -0.621. The van der Waals surface area contributed by atoms with Gasteiger partial charge in [-0.2, -0.15) is 15.1 Å². The van der Waals surface area contributed by atoms with Crippen LogP contribution in [-0.2, 0) is 13.5 Å². The van der Waals surface area contributed by atoms with Crippen LogP contribution < -0.4 is 20.3 Å². The normalized spacial score (nSPS) is 15.5. The van der Waals surface area contributed by atoms with E-state index in [9.17, 15) is 4.39 Å². The number of nitrogens with zero attached hydrogens (tertiary/aromatic N) is 5. The average Bonchev–Trinajstić information content (AvgIpc) is 3.40. The van der Waals surface area contributed by atoms with Crippen LogP contribution in [0.15, 0.2) is 29.8 Å². The number of allylic oxidation sites excluding steroid dienone is 2. The van der Waals surface area contributed by atoms with Crippen molar-refractivity contribution in [2.75, 3.05) is 36.4 Å². The number of aromatic nitrogens is 4. The summed E-state index contributed by atoms with van der Waals surface area (Å²) in [5, 5.41) is 11.0. The van der Waals surface area contributed by atoms with Crippen molar-refractivity contribution in [2.24, 2.45) is 7.05 Å². The predicted octanol–water partition coefficient (Wildman–Crippen LogP) is 4.43. The van der Waals surface area contributed by atoms with Gasteiger partial charge in [0, 0.05) is 62.6 Å². The molecule has 2 N–H and O–H groups in total. The van der Waals surface area contributed by atoms with Crippen LogP contribution in [-0.4, -0.2) is 45.9 Å². The fourth-order valence-corrected chi connectivity index (χ4v) is 4.32. The highest BCUT2D eigenvalue weighted by Gasteiger charge is 2.24. The van der Waals surface area contributed by atoms with E-state index < -0.39 is 11.6 Å². The Hall–Kier alpha value is -3.79. The lowest BCUT2D eigenvalue weighted by molar-refractivity contribution is 0.405. The molecule has 1 aliphatic heterocycles. The van der Waals surface area contributed by atoms with Crippen LogP contribution in [0.4, 0.5) is 26.2 Å². The van der Waals surface area contributed by atoms with E-state index in [1.54, 1.807) is 16.8 Å². The van der Waals surface area contributed by atoms with E-state index in [0.29, 0.717) is 29.4 Å². The van der Waals surface area contributed by atoms with Gasteiger partial charge in [-0.05, 0) is 26.3 Å². The van der Waals surface area contributed by atoms with Crippen molar-refractivity contribution in [3.8, 4) is 11.8 Å². The summed E-state index contributed by atoms with van der Waals surface area (Å²) in [6.07, 6.45) is 5.91. The number of rotatable bonds is 6. The standard InChI is InChI=1S/C25H27F2N7O/c1-4-5-16-12-22(32-33(16)3)29-21-14-23(34-8-6-28-7-9-34)31-25(30-21)35-20-13-19(26)17-10-15(2)11-18(17)24(20)27/h4-5,11-14,28H,6-10H2,1-3H3,(H,29,30,31,32)/b5-4+. The van der Waals surface area contributed by atoms with E-state index >= 15 is 4.39 Å². The van der Waals surface area contributed by atoms with Gasteiger partial charge in [-0.1, -0.05) is 17.7 Å². The van der Waals surface area contributed by atoms with E-state index in [2.05, 4.69) is 30.6 Å². The highest BCUT2D eigenvalue weighted by atomic mass is 19.1. The summed E-state index contributed by atoms with van der Waals surface area (Å²) >= 11 is 0. The molecule has 2 aliphatic rings. The molecule has 3 heterocycles. The van der Waals surface area contributed by atoms with E-state index in [-0.39, 0.29) is 17.3 Å². The summed E-state index contributed by atoms with van der Waals surface area (Å²) in [4.78, 5) is 11.0. The molecule has 0 radical (unpaired) electrons. The number of hydrogen-bond acceptors (Lipinski definition) is 7. The molecule has 0 saturated carbocycles. The number of anilines is 3. The van der Waals surface area contributed by atoms with E-state index in [0.717, 1.165) is 43.5 Å². The molecule has 0 bridgehead atoms. The molecule has 5 rings (SSSR count). The molecular formula is C25H27F2N7O. The zero-order valence-electron chi connectivity index (χ0n) is 19.9. The van der Waals surface area contributed by atoms with Gasteiger partial charge in [0.1, 0.15) is 17.5 Å². The van der Waals surface area contributed by atoms with Crippen LogP contribution in [0.5, 0.6) is 11.8 Å². The Bertz CT molecular complexity index is 1330. The van der Waals surface area contributed by atoms with Crippen molar-refractivity contribution in [2.45, 2.75) is 20.3 Å². The number of nitrogens with one attached hydrogen (secondary N) is 2. The number of fused-ring (bicyclic) bond motifs is 1. The second-order valence-electron chi connectivity index (χ2n) is 8.67. The van der Waals surface area contributed by atoms with Gasteiger partial charge in [-0.3, -0.25) is 4.68 Å². The lowest BCUT2D eigenvalue weighted by Crippen LogP contribution is -2.43. The lowest BCUT2D eigenvalue weighted by Gasteiger charge is -2.28. The van der Waals surface area contributed by atoms with E-state index in [1.165, 1.54) is 0 Å². The molecule has 1 fully saturated rings. The third-order valence-electron chi connectivity index (χ3n) is 6.01. The predicted molar refractivity (Wildman–Crippen MR) is 132 cm³/mol. The first-order valence-electron chi connectivity index (χ1n) is 11.6. The van der Waals surface area contributed by atoms with Gasteiger partial charge in [-0.25, -0.2) is 8.78 Å². The first-order chi connectivity index (χ1) is 16.9. The first kappa shape index (κ1) is 23.0. The molecule has 2 aromatic heterocycles. The Morgan fingerprint density at radius 3 is 2.69 bits per heavy atom. The van der Waals surface area contributed by atoms with Crippen LogP contribution in [0.1, 0.15) is 30.7 Å². The summed E-state index contributed by atoms with van der Waals surface area (Å²) in [6.45, 7) is 6.90. The van der Waals surface area contributed by atoms with Crippen molar-refractivity contribution in [3.05, 3.63) is 58.3 Å². The van der Waals surface area contributed by atoms with Crippen molar-refractivity contribution >= 4 is 29.6 Å². The quantitative estimate of drug-likeness (QED) is 0.542. The highest BCUT2D eigenvalue weighted by Crippen LogP contribution is 2.36. The number of halogens is 2. The molecule has 10 heteroatoms. The van der Waals surface area contributed by atoms with Gasteiger partial charge >= 0.3 is 6.01 Å². The topological polar surface area (TPSA) is 80.1 Å². The summed E-state index contributed by atoms with van der Waals surface area (Å²) in [5.41, 5.74) is 2.38. The van der Waals surface area contributed by atoms with Crippen LogP contribution in [0, 0.1) is 11.6 Å². The van der Waals surface area contributed by atoms with Crippen molar-refractivity contribution in [1.29, 1.82) is 0 Å². The summed E-state index contributed by atoms with van der Waals surface area (Å²) in [7, 11) is 1.85. The molecule has 3 aromatic rings. The van der Waals surface area contributed by atoms with Gasteiger partial charge in [-0.15, -0.1) is 0 Å². The minimum absolute atomic E-state index is 0.0786.